The lowest BCUT2D eigenvalue weighted by Gasteiger charge is -2.12. The Hall–Kier alpha value is -3.78. The zero-order chi connectivity index (χ0) is 23.2. The number of imidazole rings is 1. The average molecular weight is 470 g/mol. The third-order valence-corrected chi connectivity index (χ3v) is 7.61. The van der Waals surface area contributed by atoms with Crippen molar-refractivity contribution in [2.45, 2.75) is 39.2 Å². The predicted molar refractivity (Wildman–Crippen MR) is 135 cm³/mol. The monoisotopic (exact) mass is 469 g/mol. The Morgan fingerprint density at radius 2 is 1.82 bits per heavy atom. The minimum atomic E-state index is -0.252. The molecule has 6 rings (SSSR count). The predicted octanol–water partition coefficient (Wildman–Crippen LogP) is 4.83. The van der Waals surface area contributed by atoms with Gasteiger partial charge in [-0.25, -0.2) is 9.97 Å². The largest absolute Gasteiger partial charge is 0.338 e. The van der Waals surface area contributed by atoms with E-state index < -0.39 is 0 Å². The number of benzene rings is 2. The molecule has 0 saturated carbocycles. The van der Waals surface area contributed by atoms with Gasteiger partial charge in [-0.15, -0.1) is 11.3 Å². The maximum Gasteiger partial charge on any atom is 0.261 e. The second-order valence-corrected chi connectivity index (χ2v) is 9.74. The SMILES string of the molecule is Cc1nc2ccccc2c(=O)n1CC(=O)Nc1sc2c(c1-c1nc3ccccc3[nH]1)CCCC2. The van der Waals surface area contributed by atoms with E-state index in [1.807, 2.05) is 36.4 Å². The van der Waals surface area contributed by atoms with E-state index in [9.17, 15) is 9.59 Å². The lowest BCUT2D eigenvalue weighted by molar-refractivity contribution is -0.116. The second-order valence-electron chi connectivity index (χ2n) is 8.63. The van der Waals surface area contributed by atoms with Gasteiger partial charge in [-0.3, -0.25) is 14.2 Å². The van der Waals surface area contributed by atoms with Crippen molar-refractivity contribution in [1.29, 1.82) is 0 Å². The number of amides is 1. The molecule has 0 saturated heterocycles. The molecule has 0 aliphatic heterocycles. The molecule has 0 fully saturated rings. The van der Waals surface area contributed by atoms with Crippen LogP contribution in [0.4, 0.5) is 5.00 Å². The van der Waals surface area contributed by atoms with Gasteiger partial charge in [0.1, 0.15) is 23.2 Å². The number of nitrogens with one attached hydrogen (secondary N) is 2. The molecule has 2 N–H and O–H groups in total. The molecule has 5 aromatic rings. The van der Waals surface area contributed by atoms with Gasteiger partial charge in [-0.2, -0.15) is 0 Å². The fourth-order valence-corrected chi connectivity index (χ4v) is 6.06. The van der Waals surface area contributed by atoms with E-state index in [-0.39, 0.29) is 18.0 Å². The summed E-state index contributed by atoms with van der Waals surface area (Å²) in [7, 11) is 0. The molecule has 34 heavy (non-hydrogen) atoms. The number of carbonyl (C=O) groups is 1. The molecule has 3 heterocycles. The summed E-state index contributed by atoms with van der Waals surface area (Å²) in [5.74, 6) is 1.04. The summed E-state index contributed by atoms with van der Waals surface area (Å²) in [6.07, 6.45) is 4.26. The Labute approximate surface area is 199 Å². The number of fused-ring (bicyclic) bond motifs is 3. The number of para-hydroxylation sites is 3. The number of carbonyl (C=O) groups excluding carboxylic acids is 1. The van der Waals surface area contributed by atoms with Crippen molar-refractivity contribution in [2.24, 2.45) is 0 Å². The van der Waals surface area contributed by atoms with Crippen LogP contribution in [-0.4, -0.2) is 25.4 Å². The topological polar surface area (TPSA) is 92.7 Å². The van der Waals surface area contributed by atoms with Crippen LogP contribution >= 0.6 is 11.3 Å². The molecule has 7 nitrogen and oxygen atoms in total. The molecule has 0 bridgehead atoms. The van der Waals surface area contributed by atoms with Crippen LogP contribution in [-0.2, 0) is 24.2 Å². The molecule has 0 atom stereocenters. The number of hydrogen-bond donors (Lipinski definition) is 2. The molecule has 0 spiro atoms. The molecule has 1 aliphatic carbocycles. The molecule has 170 valence electrons. The van der Waals surface area contributed by atoms with Gasteiger partial charge in [0.25, 0.3) is 5.56 Å². The zero-order valence-corrected chi connectivity index (χ0v) is 19.5. The number of anilines is 1. The van der Waals surface area contributed by atoms with Crippen LogP contribution in [0.2, 0.25) is 0 Å². The van der Waals surface area contributed by atoms with E-state index in [1.165, 1.54) is 15.0 Å². The standard InChI is InChI=1S/C26H23N5O2S/c1-15-27-18-10-4-2-8-16(18)26(33)31(15)14-22(32)30-25-23(17-9-3-7-13-21(17)34-25)24-28-19-11-5-6-12-20(19)29-24/h2,4-6,8,10-12H,3,7,9,13-14H2,1H3,(H,28,29)(H,30,32). The van der Waals surface area contributed by atoms with Crippen molar-refractivity contribution in [3.63, 3.8) is 0 Å². The van der Waals surface area contributed by atoms with E-state index in [0.717, 1.165) is 53.1 Å². The Morgan fingerprint density at radius 3 is 2.68 bits per heavy atom. The zero-order valence-electron chi connectivity index (χ0n) is 18.7. The van der Waals surface area contributed by atoms with Gasteiger partial charge in [0.2, 0.25) is 5.91 Å². The van der Waals surface area contributed by atoms with Crippen LogP contribution < -0.4 is 10.9 Å². The van der Waals surface area contributed by atoms with Gasteiger partial charge in [0.05, 0.1) is 27.5 Å². The quantitative estimate of drug-likeness (QED) is 0.394. The van der Waals surface area contributed by atoms with Crippen molar-refractivity contribution in [2.75, 3.05) is 5.32 Å². The number of H-pyrrole nitrogens is 1. The van der Waals surface area contributed by atoms with E-state index in [0.29, 0.717) is 16.7 Å². The van der Waals surface area contributed by atoms with Gasteiger partial charge in [-0.05, 0) is 62.4 Å². The number of aryl methyl sites for hydroxylation is 2. The summed E-state index contributed by atoms with van der Waals surface area (Å²) in [4.78, 5) is 40.2. The first kappa shape index (κ1) is 20.8. The first-order chi connectivity index (χ1) is 16.6. The summed E-state index contributed by atoms with van der Waals surface area (Å²) < 4.78 is 1.44. The van der Waals surface area contributed by atoms with Crippen molar-refractivity contribution >= 4 is 44.2 Å². The molecule has 1 amide bonds. The van der Waals surface area contributed by atoms with Crippen LogP contribution in [0.1, 0.15) is 29.1 Å². The minimum Gasteiger partial charge on any atom is -0.338 e. The smallest absolute Gasteiger partial charge is 0.261 e. The van der Waals surface area contributed by atoms with Gasteiger partial charge >= 0.3 is 0 Å². The lowest BCUT2D eigenvalue weighted by Crippen LogP contribution is -2.30. The maximum absolute atomic E-state index is 13.2. The fraction of sp³-hybridized carbons (Fsp3) is 0.231. The number of nitrogens with zero attached hydrogens (tertiary/aromatic N) is 3. The fourth-order valence-electron chi connectivity index (χ4n) is 4.75. The third kappa shape index (κ3) is 3.51. The number of thiophene rings is 1. The summed E-state index contributed by atoms with van der Waals surface area (Å²) in [6.45, 7) is 1.66. The molecule has 2 aromatic carbocycles. The second kappa shape index (κ2) is 8.22. The Bertz CT molecular complexity index is 1590. The van der Waals surface area contributed by atoms with Crippen LogP contribution in [0.5, 0.6) is 0 Å². The van der Waals surface area contributed by atoms with E-state index in [4.69, 9.17) is 4.98 Å². The van der Waals surface area contributed by atoms with Gasteiger partial charge in [0, 0.05) is 4.88 Å². The summed E-state index contributed by atoms with van der Waals surface area (Å²) >= 11 is 1.62. The van der Waals surface area contributed by atoms with E-state index in [1.54, 1.807) is 30.4 Å². The summed E-state index contributed by atoms with van der Waals surface area (Å²) in [6, 6.07) is 15.1. The molecular weight excluding hydrogens is 446 g/mol. The highest BCUT2D eigenvalue weighted by Gasteiger charge is 2.25. The number of aromatic amines is 1. The highest BCUT2D eigenvalue weighted by atomic mass is 32.1. The van der Waals surface area contributed by atoms with Gasteiger partial charge in [-0.1, -0.05) is 24.3 Å². The van der Waals surface area contributed by atoms with E-state index >= 15 is 0 Å². The highest BCUT2D eigenvalue weighted by molar-refractivity contribution is 7.17. The molecule has 3 aromatic heterocycles. The Kier molecular flexibility index (Phi) is 5.03. The van der Waals surface area contributed by atoms with Crippen molar-refractivity contribution in [3.8, 4) is 11.4 Å². The van der Waals surface area contributed by atoms with Gasteiger partial charge in [0.15, 0.2) is 0 Å². The van der Waals surface area contributed by atoms with E-state index in [2.05, 4.69) is 15.3 Å². The molecule has 0 radical (unpaired) electrons. The van der Waals surface area contributed by atoms with Crippen LogP contribution in [0.15, 0.2) is 53.3 Å². The van der Waals surface area contributed by atoms with Crippen molar-refractivity contribution < 1.29 is 4.79 Å². The van der Waals surface area contributed by atoms with Crippen LogP contribution in [0.3, 0.4) is 0 Å². The highest BCUT2D eigenvalue weighted by Crippen LogP contribution is 2.43. The summed E-state index contributed by atoms with van der Waals surface area (Å²) in [5.41, 5.74) is 4.54. The first-order valence-electron chi connectivity index (χ1n) is 11.4. The number of hydrogen-bond acceptors (Lipinski definition) is 5. The van der Waals surface area contributed by atoms with Gasteiger partial charge < -0.3 is 10.3 Å². The Balaban J connectivity index is 1.37. The molecule has 0 unspecified atom stereocenters. The van der Waals surface area contributed by atoms with Crippen molar-refractivity contribution in [3.05, 3.63) is 75.1 Å². The van der Waals surface area contributed by atoms with Crippen LogP contribution in [0, 0.1) is 6.92 Å². The third-order valence-electron chi connectivity index (χ3n) is 6.40. The minimum absolute atomic E-state index is 0.0926. The van der Waals surface area contributed by atoms with Crippen LogP contribution in [0.25, 0.3) is 33.3 Å². The normalized spacial score (nSPS) is 13.3. The molecule has 1 aliphatic rings. The maximum atomic E-state index is 13.2. The Morgan fingerprint density at radius 1 is 1.06 bits per heavy atom. The summed E-state index contributed by atoms with van der Waals surface area (Å²) in [5, 5.41) is 4.39. The lowest BCUT2D eigenvalue weighted by atomic mass is 9.95. The molecule has 8 heteroatoms. The van der Waals surface area contributed by atoms with Crippen molar-refractivity contribution in [1.82, 2.24) is 19.5 Å². The first-order valence-corrected chi connectivity index (χ1v) is 12.3. The molecular formula is C26H23N5O2S. The average Bonchev–Trinajstić information content (AvgIpc) is 3.42. The number of rotatable bonds is 4. The number of aromatic nitrogens is 4.